The predicted octanol–water partition coefficient (Wildman–Crippen LogP) is 4.60. The van der Waals surface area contributed by atoms with Gasteiger partial charge in [-0.25, -0.2) is 14.2 Å². The van der Waals surface area contributed by atoms with E-state index < -0.39 is 16.0 Å². The molecule has 0 atom stereocenters. The van der Waals surface area contributed by atoms with Crippen molar-refractivity contribution in [1.29, 1.82) is 0 Å². The number of halogens is 1. The lowest BCUT2D eigenvalue weighted by Gasteiger charge is -2.07. The zero-order valence-corrected chi connectivity index (χ0v) is 16.3. The van der Waals surface area contributed by atoms with Crippen LogP contribution >= 0.6 is 11.3 Å². The molecule has 0 unspecified atom stereocenters. The average Bonchev–Trinajstić information content (AvgIpc) is 3.19. The van der Waals surface area contributed by atoms with E-state index in [0.29, 0.717) is 27.0 Å². The van der Waals surface area contributed by atoms with Gasteiger partial charge in [0.25, 0.3) is 10.0 Å². The van der Waals surface area contributed by atoms with E-state index in [2.05, 4.69) is 9.71 Å². The van der Waals surface area contributed by atoms with E-state index in [-0.39, 0.29) is 16.4 Å². The van der Waals surface area contributed by atoms with Crippen molar-refractivity contribution in [2.24, 2.45) is 0 Å². The topological polar surface area (TPSA) is 96.4 Å². The zero-order chi connectivity index (χ0) is 20.6. The molecule has 2 N–H and O–H groups in total. The number of sulfonamides is 1. The smallest absolute Gasteiger partial charge is 0.335 e. The van der Waals surface area contributed by atoms with Gasteiger partial charge in [0.15, 0.2) is 5.03 Å². The molecule has 9 heteroatoms. The molecule has 1 heterocycles. The highest BCUT2D eigenvalue weighted by Gasteiger charge is 2.19. The maximum absolute atomic E-state index is 13.1. The summed E-state index contributed by atoms with van der Waals surface area (Å²) in [4.78, 5) is 15.2. The summed E-state index contributed by atoms with van der Waals surface area (Å²) in [5, 5.41) is 12.2. The monoisotopic (exact) mass is 428 g/mol. The number of hydrogen-bond donors (Lipinski definition) is 2. The third-order valence-electron chi connectivity index (χ3n) is 4.19. The van der Waals surface area contributed by atoms with Gasteiger partial charge in [-0.05, 0) is 59.3 Å². The highest BCUT2D eigenvalue weighted by molar-refractivity contribution is 7.92. The SMILES string of the molecule is O=C(O)c1ccc2cc(NS(=O)(=O)c3csc(-c4ccc(F)cc4)n3)ccc2c1. The Hall–Kier alpha value is -3.30. The van der Waals surface area contributed by atoms with Gasteiger partial charge in [0, 0.05) is 16.6 Å². The van der Waals surface area contributed by atoms with Crippen LogP contribution in [-0.2, 0) is 10.0 Å². The number of benzene rings is 3. The number of fused-ring (bicyclic) bond motifs is 1. The number of carboxylic acids is 1. The molecule has 0 aliphatic rings. The molecule has 0 bridgehead atoms. The molecular weight excluding hydrogens is 415 g/mol. The molecule has 4 rings (SSSR count). The van der Waals surface area contributed by atoms with Crippen LogP contribution in [0.2, 0.25) is 0 Å². The number of thiazole rings is 1. The first-order valence-corrected chi connectivity index (χ1v) is 10.7. The van der Waals surface area contributed by atoms with E-state index in [0.717, 1.165) is 11.3 Å². The summed E-state index contributed by atoms with van der Waals surface area (Å²) in [6.45, 7) is 0. The number of aromatic nitrogens is 1. The number of nitrogens with one attached hydrogen (secondary N) is 1. The average molecular weight is 428 g/mol. The highest BCUT2D eigenvalue weighted by Crippen LogP contribution is 2.28. The van der Waals surface area contributed by atoms with Crippen LogP contribution in [0.3, 0.4) is 0 Å². The van der Waals surface area contributed by atoms with Crippen LogP contribution < -0.4 is 4.72 Å². The van der Waals surface area contributed by atoms with Gasteiger partial charge >= 0.3 is 5.97 Å². The van der Waals surface area contributed by atoms with Crippen molar-refractivity contribution in [2.75, 3.05) is 4.72 Å². The summed E-state index contributed by atoms with van der Waals surface area (Å²) in [6, 6.07) is 15.0. The van der Waals surface area contributed by atoms with Crippen LogP contribution in [-0.4, -0.2) is 24.5 Å². The van der Waals surface area contributed by atoms with Crippen molar-refractivity contribution < 1.29 is 22.7 Å². The second-order valence-corrected chi connectivity index (χ2v) is 8.67. The van der Waals surface area contributed by atoms with Gasteiger partial charge in [0.05, 0.1) is 5.56 Å². The van der Waals surface area contributed by atoms with Crippen LogP contribution in [0.1, 0.15) is 10.4 Å². The number of hydrogen-bond acceptors (Lipinski definition) is 5. The Kier molecular flexibility index (Phi) is 4.77. The lowest BCUT2D eigenvalue weighted by Crippen LogP contribution is -2.13. The van der Waals surface area contributed by atoms with Gasteiger partial charge in [-0.3, -0.25) is 4.72 Å². The fourth-order valence-electron chi connectivity index (χ4n) is 2.76. The Balaban J connectivity index is 1.61. The number of nitrogens with zero attached hydrogens (tertiary/aromatic N) is 1. The van der Waals surface area contributed by atoms with Crippen molar-refractivity contribution >= 4 is 43.8 Å². The normalized spacial score (nSPS) is 11.5. The molecule has 0 amide bonds. The molecule has 0 aliphatic heterocycles. The van der Waals surface area contributed by atoms with E-state index in [4.69, 9.17) is 5.11 Å². The maximum atomic E-state index is 13.1. The molecule has 0 fully saturated rings. The summed E-state index contributed by atoms with van der Waals surface area (Å²) >= 11 is 1.14. The number of anilines is 1. The van der Waals surface area contributed by atoms with Crippen molar-refractivity contribution in [3.05, 3.63) is 77.4 Å². The fourth-order valence-corrected chi connectivity index (χ4v) is 4.91. The lowest BCUT2D eigenvalue weighted by atomic mass is 10.1. The predicted molar refractivity (Wildman–Crippen MR) is 109 cm³/mol. The molecule has 6 nitrogen and oxygen atoms in total. The number of aromatic carboxylic acids is 1. The largest absolute Gasteiger partial charge is 0.478 e. The van der Waals surface area contributed by atoms with E-state index in [9.17, 15) is 17.6 Å². The quantitative estimate of drug-likeness (QED) is 0.484. The molecule has 146 valence electrons. The van der Waals surface area contributed by atoms with E-state index in [1.165, 1.54) is 41.8 Å². The van der Waals surface area contributed by atoms with E-state index in [1.54, 1.807) is 24.3 Å². The summed E-state index contributed by atoms with van der Waals surface area (Å²) < 4.78 is 40.9. The summed E-state index contributed by atoms with van der Waals surface area (Å²) in [5.41, 5.74) is 1.11. The first-order valence-electron chi connectivity index (χ1n) is 8.33. The molecular formula is C20H13FN2O4S2. The molecule has 0 spiro atoms. The molecule has 29 heavy (non-hydrogen) atoms. The van der Waals surface area contributed by atoms with Crippen LogP contribution in [0.4, 0.5) is 10.1 Å². The van der Waals surface area contributed by atoms with Gasteiger partial charge < -0.3 is 5.11 Å². The number of carbonyl (C=O) groups is 1. The molecule has 0 radical (unpaired) electrons. The molecule has 1 aromatic heterocycles. The summed E-state index contributed by atoms with van der Waals surface area (Å²) in [6.07, 6.45) is 0. The molecule has 3 aromatic carbocycles. The van der Waals surface area contributed by atoms with Gasteiger partial charge in [-0.1, -0.05) is 12.1 Å². The zero-order valence-electron chi connectivity index (χ0n) is 14.7. The van der Waals surface area contributed by atoms with Crippen molar-refractivity contribution in [2.45, 2.75) is 5.03 Å². The van der Waals surface area contributed by atoms with Crippen LogP contribution in [0, 0.1) is 5.82 Å². The van der Waals surface area contributed by atoms with Crippen LogP contribution in [0.25, 0.3) is 21.3 Å². The van der Waals surface area contributed by atoms with Crippen LogP contribution in [0.5, 0.6) is 0 Å². The molecule has 4 aromatic rings. The first kappa shape index (κ1) is 19.0. The molecule has 0 saturated carbocycles. The lowest BCUT2D eigenvalue weighted by molar-refractivity contribution is 0.0697. The van der Waals surface area contributed by atoms with Crippen molar-refractivity contribution in [3.63, 3.8) is 0 Å². The minimum Gasteiger partial charge on any atom is -0.478 e. The van der Waals surface area contributed by atoms with Crippen molar-refractivity contribution in [3.8, 4) is 10.6 Å². The van der Waals surface area contributed by atoms with E-state index in [1.807, 2.05) is 0 Å². The Morgan fingerprint density at radius 3 is 2.41 bits per heavy atom. The maximum Gasteiger partial charge on any atom is 0.335 e. The summed E-state index contributed by atoms with van der Waals surface area (Å²) in [7, 11) is -3.92. The Morgan fingerprint density at radius 1 is 1.00 bits per heavy atom. The molecule has 0 aliphatic carbocycles. The van der Waals surface area contributed by atoms with Crippen LogP contribution in [0.15, 0.2) is 71.1 Å². The van der Waals surface area contributed by atoms with E-state index >= 15 is 0 Å². The fraction of sp³-hybridized carbons (Fsp3) is 0. The second kappa shape index (κ2) is 7.26. The third-order valence-corrected chi connectivity index (χ3v) is 6.49. The Bertz CT molecular complexity index is 1330. The third kappa shape index (κ3) is 3.96. The molecule has 0 saturated heterocycles. The number of carboxylic acid groups (broad SMARTS) is 1. The van der Waals surface area contributed by atoms with Gasteiger partial charge in [-0.2, -0.15) is 8.42 Å². The standard InChI is InChI=1S/C20H13FN2O4S2/c21-16-6-3-12(4-7-16)19-22-18(11-28-19)29(26,27)23-17-8-5-13-9-15(20(24)25)2-1-14(13)10-17/h1-11,23H,(H,24,25). The first-order chi connectivity index (χ1) is 13.8. The number of rotatable bonds is 5. The Morgan fingerprint density at radius 2 is 1.69 bits per heavy atom. The minimum atomic E-state index is -3.92. The summed E-state index contributed by atoms with van der Waals surface area (Å²) in [5.74, 6) is -1.41. The van der Waals surface area contributed by atoms with Crippen molar-refractivity contribution in [1.82, 2.24) is 4.98 Å². The second-order valence-electron chi connectivity index (χ2n) is 6.19. The Labute approximate surface area is 169 Å². The van der Waals surface area contributed by atoms with Gasteiger partial charge in [0.1, 0.15) is 10.8 Å². The van der Waals surface area contributed by atoms with Gasteiger partial charge in [0.2, 0.25) is 0 Å². The highest BCUT2D eigenvalue weighted by atomic mass is 32.2. The minimum absolute atomic E-state index is 0.136. The van der Waals surface area contributed by atoms with Gasteiger partial charge in [-0.15, -0.1) is 11.3 Å².